The van der Waals surface area contributed by atoms with Crippen LogP contribution in [0, 0.1) is 4.84 Å². The molecule has 1 fully saturated rings. The van der Waals surface area contributed by atoms with E-state index in [0.29, 0.717) is 5.56 Å². The molecular weight excluding hydrogens is 362 g/mol. The average molecular weight is 381 g/mol. The van der Waals surface area contributed by atoms with Gasteiger partial charge in [0.2, 0.25) is 11.8 Å². The average Bonchev–Trinajstić information content (AvgIpc) is 3.01. The summed E-state index contributed by atoms with van der Waals surface area (Å²) in [6.45, 7) is 0.740. The van der Waals surface area contributed by atoms with Crippen molar-refractivity contribution in [3.63, 3.8) is 0 Å². The molecule has 5 unspecified atom stereocenters. The van der Waals surface area contributed by atoms with Crippen LogP contribution < -0.4 is 5.32 Å². The van der Waals surface area contributed by atoms with E-state index in [-0.39, 0.29) is 10.7 Å². The van der Waals surface area contributed by atoms with E-state index >= 15 is 0 Å². The zero-order valence-corrected chi connectivity index (χ0v) is 14.7. The van der Waals surface area contributed by atoms with E-state index in [2.05, 4.69) is 10.4 Å². The Morgan fingerprint density at radius 1 is 1.31 bits per heavy atom. The number of hydrogen-bond acceptors (Lipinski definition) is 8. The maximum Gasteiger partial charge on any atom is 0.289 e. The molecule has 0 saturated carbocycles. The molecule has 1 aliphatic heterocycles. The molecule has 0 bridgehead atoms. The lowest BCUT2D eigenvalue weighted by atomic mass is 9.96. The lowest BCUT2D eigenvalue weighted by Crippen LogP contribution is -2.62. The van der Waals surface area contributed by atoms with Crippen molar-refractivity contribution in [1.82, 2.24) is 15.1 Å². The Kier molecular flexibility index (Phi) is 5.49. The minimum atomic E-state index is -1.39. The van der Waals surface area contributed by atoms with Gasteiger partial charge in [0.1, 0.15) is 24.4 Å². The molecule has 2 aromatic rings. The van der Waals surface area contributed by atoms with Crippen LogP contribution in [-0.2, 0) is 9.53 Å². The second-order valence-electron chi connectivity index (χ2n) is 5.94. The molecule has 1 aromatic heterocycles. The van der Waals surface area contributed by atoms with E-state index in [0.717, 1.165) is 0 Å². The predicted molar refractivity (Wildman–Crippen MR) is 91.4 cm³/mol. The fourth-order valence-corrected chi connectivity index (χ4v) is 3.07. The Balaban J connectivity index is 2.00. The van der Waals surface area contributed by atoms with Gasteiger partial charge in [0.25, 0.3) is 4.84 Å². The summed E-state index contributed by atoms with van der Waals surface area (Å²) < 4.78 is 12.4. The number of nitrogens with one attached hydrogen (secondary N) is 1. The lowest BCUT2D eigenvalue weighted by molar-refractivity contribution is -0.219. The van der Waals surface area contributed by atoms with Gasteiger partial charge in [0.15, 0.2) is 6.23 Å². The number of nitrogens with zero attached hydrogens (tertiary/aromatic N) is 2. The second kappa shape index (κ2) is 7.64. The topological polar surface area (TPSA) is 130 Å². The highest BCUT2D eigenvalue weighted by molar-refractivity contribution is 7.71. The van der Waals surface area contributed by atoms with Gasteiger partial charge < -0.3 is 29.8 Å². The number of aliphatic hydroxyl groups excluding tert-OH is 3. The molecule has 2 heterocycles. The van der Waals surface area contributed by atoms with Crippen molar-refractivity contribution in [2.24, 2.45) is 0 Å². The first-order chi connectivity index (χ1) is 12.4. The van der Waals surface area contributed by atoms with Crippen LogP contribution in [0.25, 0.3) is 11.5 Å². The van der Waals surface area contributed by atoms with Crippen LogP contribution in [-0.4, -0.2) is 62.0 Å². The minimum absolute atomic E-state index is 0.0375. The summed E-state index contributed by atoms with van der Waals surface area (Å²) in [4.78, 5) is 11.5. The Morgan fingerprint density at radius 3 is 2.62 bits per heavy atom. The summed E-state index contributed by atoms with van der Waals surface area (Å²) in [7, 11) is 0. The van der Waals surface area contributed by atoms with Gasteiger partial charge in [-0.25, -0.2) is 0 Å². The predicted octanol–water partition coefficient (Wildman–Crippen LogP) is -0.0112. The highest BCUT2D eigenvalue weighted by atomic mass is 32.1. The molecule has 4 N–H and O–H groups in total. The number of aliphatic hydroxyl groups is 3. The van der Waals surface area contributed by atoms with Gasteiger partial charge in [-0.1, -0.05) is 18.2 Å². The first kappa shape index (κ1) is 18.7. The molecule has 0 aliphatic carbocycles. The van der Waals surface area contributed by atoms with E-state index in [1.54, 1.807) is 12.1 Å². The number of hydrogen-bond donors (Lipinski definition) is 4. The Hall–Kier alpha value is -2.11. The SMILES string of the molecule is CC(=O)NC1C(O)C(O)C(CO)OC1n1nc(-c2ccccc2)oc1=S. The zero-order valence-electron chi connectivity index (χ0n) is 13.8. The first-order valence-electron chi connectivity index (χ1n) is 7.97. The molecule has 26 heavy (non-hydrogen) atoms. The molecular formula is C16H19N3O6S. The third-order valence-electron chi connectivity index (χ3n) is 4.10. The summed E-state index contributed by atoms with van der Waals surface area (Å²) in [5.41, 5.74) is 0.684. The van der Waals surface area contributed by atoms with E-state index < -0.39 is 43.1 Å². The van der Waals surface area contributed by atoms with Gasteiger partial charge in [-0.2, -0.15) is 4.68 Å². The van der Waals surface area contributed by atoms with Crippen molar-refractivity contribution in [2.45, 2.75) is 37.5 Å². The summed E-state index contributed by atoms with van der Waals surface area (Å²) in [5, 5.41) is 36.7. The zero-order chi connectivity index (χ0) is 18.8. The monoisotopic (exact) mass is 381 g/mol. The van der Waals surface area contributed by atoms with Gasteiger partial charge >= 0.3 is 0 Å². The number of aromatic nitrogens is 2. The molecule has 0 spiro atoms. The smallest absolute Gasteiger partial charge is 0.289 e. The highest BCUT2D eigenvalue weighted by Crippen LogP contribution is 2.30. The summed E-state index contributed by atoms with van der Waals surface area (Å²) in [5.74, 6) is -0.197. The van der Waals surface area contributed by atoms with Crippen molar-refractivity contribution in [3.05, 3.63) is 35.2 Å². The fourth-order valence-electron chi connectivity index (χ4n) is 2.84. The molecule has 9 nitrogen and oxygen atoms in total. The minimum Gasteiger partial charge on any atom is -0.409 e. The number of carbonyl (C=O) groups is 1. The molecule has 1 aliphatic rings. The molecule has 1 aromatic carbocycles. The van der Waals surface area contributed by atoms with E-state index in [1.807, 2.05) is 18.2 Å². The molecule has 1 amide bonds. The number of amides is 1. The largest absolute Gasteiger partial charge is 0.409 e. The van der Waals surface area contributed by atoms with Gasteiger partial charge in [0, 0.05) is 12.5 Å². The fraction of sp³-hybridized carbons (Fsp3) is 0.438. The third-order valence-corrected chi connectivity index (χ3v) is 4.37. The normalized spacial score (nSPS) is 28.7. The highest BCUT2D eigenvalue weighted by Gasteiger charge is 2.46. The number of benzene rings is 1. The van der Waals surface area contributed by atoms with Crippen LogP contribution in [0.2, 0.25) is 0 Å². The van der Waals surface area contributed by atoms with Crippen molar-refractivity contribution >= 4 is 18.1 Å². The number of rotatable bonds is 4. The van der Waals surface area contributed by atoms with Crippen LogP contribution in [0.15, 0.2) is 34.7 Å². The van der Waals surface area contributed by atoms with Crippen molar-refractivity contribution < 1.29 is 29.3 Å². The van der Waals surface area contributed by atoms with Crippen LogP contribution in [0.5, 0.6) is 0 Å². The molecule has 1 saturated heterocycles. The Labute approximate surface area is 153 Å². The van der Waals surface area contributed by atoms with E-state index in [1.165, 1.54) is 11.6 Å². The van der Waals surface area contributed by atoms with Crippen LogP contribution in [0.3, 0.4) is 0 Å². The maximum atomic E-state index is 11.5. The molecule has 3 rings (SSSR count). The van der Waals surface area contributed by atoms with Crippen LogP contribution in [0.1, 0.15) is 13.2 Å². The molecule has 10 heteroatoms. The summed E-state index contributed by atoms with van der Waals surface area (Å²) in [6, 6.07) is 8.00. The third kappa shape index (κ3) is 3.55. The number of carbonyl (C=O) groups excluding carboxylic acids is 1. The van der Waals surface area contributed by atoms with E-state index in [4.69, 9.17) is 21.4 Å². The van der Waals surface area contributed by atoms with Crippen molar-refractivity contribution in [3.8, 4) is 11.5 Å². The Bertz CT molecular complexity index is 823. The van der Waals surface area contributed by atoms with Gasteiger partial charge in [-0.3, -0.25) is 4.79 Å². The second-order valence-corrected chi connectivity index (χ2v) is 6.29. The molecule has 140 valence electrons. The lowest BCUT2D eigenvalue weighted by Gasteiger charge is -2.41. The number of ether oxygens (including phenoxy) is 1. The van der Waals surface area contributed by atoms with Crippen LogP contribution in [0.4, 0.5) is 0 Å². The van der Waals surface area contributed by atoms with E-state index in [9.17, 15) is 20.1 Å². The quantitative estimate of drug-likeness (QED) is 0.544. The molecule has 0 radical (unpaired) electrons. The summed E-state index contributed by atoms with van der Waals surface area (Å²) in [6.07, 6.45) is -4.92. The van der Waals surface area contributed by atoms with Crippen molar-refractivity contribution in [1.29, 1.82) is 0 Å². The van der Waals surface area contributed by atoms with Crippen LogP contribution >= 0.6 is 12.2 Å². The Morgan fingerprint density at radius 2 is 2.00 bits per heavy atom. The molecule has 5 atom stereocenters. The van der Waals surface area contributed by atoms with Gasteiger partial charge in [-0.05, 0) is 24.4 Å². The first-order valence-corrected chi connectivity index (χ1v) is 8.38. The van der Waals surface area contributed by atoms with Gasteiger partial charge in [-0.15, -0.1) is 5.10 Å². The van der Waals surface area contributed by atoms with Crippen molar-refractivity contribution in [2.75, 3.05) is 6.61 Å². The standard InChI is InChI=1S/C16H19N3O6S/c1-8(21)17-11-13(23)12(22)10(7-20)24-15(11)19-16(26)25-14(18-19)9-5-3-2-4-6-9/h2-6,10-13,15,20,22-23H,7H2,1H3,(H,17,21). The van der Waals surface area contributed by atoms with Gasteiger partial charge in [0.05, 0.1) is 6.61 Å². The summed E-state index contributed by atoms with van der Waals surface area (Å²) >= 11 is 5.20. The maximum absolute atomic E-state index is 11.5.